The third-order valence-electron chi connectivity index (χ3n) is 5.03. The van der Waals surface area contributed by atoms with Gasteiger partial charge in [-0.25, -0.2) is 4.79 Å². The van der Waals surface area contributed by atoms with E-state index in [2.05, 4.69) is 5.32 Å². The summed E-state index contributed by atoms with van der Waals surface area (Å²) in [7, 11) is 0. The van der Waals surface area contributed by atoms with Gasteiger partial charge in [-0.1, -0.05) is 44.2 Å². The average molecular weight is 330 g/mol. The second-order valence-corrected chi connectivity index (χ2v) is 6.90. The van der Waals surface area contributed by atoms with Crippen LogP contribution in [0.4, 0.5) is 4.79 Å². The molecule has 0 radical (unpaired) electrons. The van der Waals surface area contributed by atoms with Crippen LogP contribution in [-0.4, -0.2) is 35.5 Å². The molecule has 1 aromatic carbocycles. The Hall–Kier alpha value is -2.04. The van der Waals surface area contributed by atoms with Crippen molar-refractivity contribution in [2.45, 2.75) is 57.4 Å². The summed E-state index contributed by atoms with van der Waals surface area (Å²) >= 11 is 0. The largest absolute Gasteiger partial charge is 0.492 e. The van der Waals surface area contributed by atoms with E-state index in [1.54, 1.807) is 0 Å². The maximum atomic E-state index is 12.8. The number of urea groups is 1. The molecule has 2 aliphatic rings. The average Bonchev–Trinajstić information content (AvgIpc) is 2.76. The highest BCUT2D eigenvalue weighted by Crippen LogP contribution is 2.32. The second kappa shape index (κ2) is 7.24. The van der Waals surface area contributed by atoms with Gasteiger partial charge in [0.2, 0.25) is 0 Å². The van der Waals surface area contributed by atoms with Gasteiger partial charge in [-0.05, 0) is 37.5 Å². The highest BCUT2D eigenvalue weighted by atomic mass is 16.5. The van der Waals surface area contributed by atoms with Crippen molar-refractivity contribution >= 4 is 11.9 Å². The number of benzene rings is 1. The van der Waals surface area contributed by atoms with Crippen LogP contribution in [0.1, 0.15) is 50.5 Å². The van der Waals surface area contributed by atoms with Crippen LogP contribution in [-0.2, 0) is 4.79 Å². The van der Waals surface area contributed by atoms with Gasteiger partial charge in [-0.3, -0.25) is 9.69 Å². The van der Waals surface area contributed by atoms with E-state index in [0.717, 1.165) is 49.8 Å². The smallest absolute Gasteiger partial charge is 0.325 e. The summed E-state index contributed by atoms with van der Waals surface area (Å²) in [5.41, 5.74) is 0.455. The molecule has 5 heteroatoms. The lowest BCUT2D eigenvalue weighted by molar-refractivity contribution is -0.132. The zero-order valence-electron chi connectivity index (χ0n) is 14.3. The van der Waals surface area contributed by atoms with E-state index in [1.165, 1.54) is 11.3 Å². The van der Waals surface area contributed by atoms with Gasteiger partial charge in [-0.2, -0.15) is 0 Å². The molecule has 3 rings (SSSR count). The number of hydrogen-bond acceptors (Lipinski definition) is 3. The van der Waals surface area contributed by atoms with E-state index >= 15 is 0 Å². The molecule has 0 bridgehead atoms. The van der Waals surface area contributed by atoms with E-state index in [1.807, 2.05) is 31.2 Å². The molecule has 1 aromatic rings. The number of carbonyl (C=O) groups is 2. The molecule has 0 unspecified atom stereocenters. The maximum absolute atomic E-state index is 12.8. The van der Waals surface area contributed by atoms with E-state index in [4.69, 9.17) is 4.74 Å². The molecule has 0 aromatic heterocycles. The van der Waals surface area contributed by atoms with Crippen molar-refractivity contribution in [3.8, 4) is 5.75 Å². The summed E-state index contributed by atoms with van der Waals surface area (Å²) in [4.78, 5) is 26.5. The quantitative estimate of drug-likeness (QED) is 0.861. The Kier molecular flexibility index (Phi) is 5.07. The zero-order chi connectivity index (χ0) is 17.0. The van der Waals surface area contributed by atoms with Crippen LogP contribution in [0.2, 0.25) is 0 Å². The minimum Gasteiger partial charge on any atom is -0.492 e. The lowest BCUT2D eigenvalue weighted by Gasteiger charge is -2.28. The van der Waals surface area contributed by atoms with Crippen LogP contribution in [0, 0.1) is 6.92 Å². The highest BCUT2D eigenvalue weighted by molar-refractivity contribution is 6.07. The fourth-order valence-corrected chi connectivity index (χ4v) is 3.69. The molecular formula is C19H26N2O3. The molecule has 1 saturated heterocycles. The van der Waals surface area contributed by atoms with Gasteiger partial charge in [0.1, 0.15) is 17.9 Å². The summed E-state index contributed by atoms with van der Waals surface area (Å²) in [6.45, 7) is 2.61. The van der Waals surface area contributed by atoms with Crippen molar-refractivity contribution < 1.29 is 14.3 Å². The fourth-order valence-electron chi connectivity index (χ4n) is 3.69. The first kappa shape index (κ1) is 16.8. The lowest BCUT2D eigenvalue weighted by Crippen LogP contribution is -2.47. The van der Waals surface area contributed by atoms with E-state index in [9.17, 15) is 9.59 Å². The number of carbonyl (C=O) groups excluding carboxylic acids is 2. The fraction of sp³-hybridized carbons (Fsp3) is 0.579. The zero-order valence-corrected chi connectivity index (χ0v) is 14.3. The first-order valence-corrected chi connectivity index (χ1v) is 8.94. The van der Waals surface area contributed by atoms with Crippen molar-refractivity contribution in [3.05, 3.63) is 29.8 Å². The van der Waals surface area contributed by atoms with Crippen LogP contribution in [0.25, 0.3) is 0 Å². The normalized spacial score (nSPS) is 20.6. The summed E-state index contributed by atoms with van der Waals surface area (Å²) in [6, 6.07) is 7.50. The van der Waals surface area contributed by atoms with Crippen LogP contribution in [0.3, 0.4) is 0 Å². The molecule has 1 heterocycles. The van der Waals surface area contributed by atoms with Crippen molar-refractivity contribution in [1.29, 1.82) is 0 Å². The molecule has 1 spiro atoms. The van der Waals surface area contributed by atoms with E-state index in [-0.39, 0.29) is 11.9 Å². The standard InChI is InChI=1S/C19H26N2O3/c1-15-8-7-9-16(14-15)24-13-12-21-17(22)19(20-18(21)23)10-5-3-2-4-6-11-19/h7-9,14H,2-6,10-13H2,1H3,(H,20,23). The van der Waals surface area contributed by atoms with Gasteiger partial charge in [0.15, 0.2) is 0 Å². The van der Waals surface area contributed by atoms with Gasteiger partial charge in [0.25, 0.3) is 5.91 Å². The first-order chi connectivity index (χ1) is 11.6. The maximum Gasteiger partial charge on any atom is 0.325 e. The van der Waals surface area contributed by atoms with Gasteiger partial charge in [0, 0.05) is 0 Å². The molecule has 3 amide bonds. The molecule has 1 saturated carbocycles. The predicted molar refractivity (Wildman–Crippen MR) is 92.0 cm³/mol. The molecule has 1 aliphatic carbocycles. The molecule has 24 heavy (non-hydrogen) atoms. The van der Waals surface area contributed by atoms with Crippen LogP contribution < -0.4 is 10.1 Å². The monoisotopic (exact) mass is 330 g/mol. The number of imide groups is 1. The van der Waals surface area contributed by atoms with E-state index in [0.29, 0.717) is 13.2 Å². The Bertz CT molecular complexity index is 606. The number of nitrogens with one attached hydrogen (secondary N) is 1. The SMILES string of the molecule is Cc1cccc(OCCN2C(=O)NC3(CCCCCCC3)C2=O)c1. The number of ether oxygens (including phenoxy) is 1. The van der Waals surface area contributed by atoms with Crippen molar-refractivity contribution in [3.63, 3.8) is 0 Å². The third-order valence-corrected chi connectivity index (χ3v) is 5.03. The Morgan fingerprint density at radius 1 is 1.12 bits per heavy atom. The van der Waals surface area contributed by atoms with Gasteiger partial charge in [0.05, 0.1) is 6.54 Å². The highest BCUT2D eigenvalue weighted by Gasteiger charge is 2.50. The second-order valence-electron chi connectivity index (χ2n) is 6.90. The molecule has 1 aliphatic heterocycles. The van der Waals surface area contributed by atoms with Gasteiger partial charge < -0.3 is 10.1 Å². The Labute approximate surface area is 143 Å². The lowest BCUT2D eigenvalue weighted by atomic mass is 9.84. The Balaban J connectivity index is 1.59. The molecule has 0 atom stereocenters. The molecule has 1 N–H and O–H groups in total. The summed E-state index contributed by atoms with van der Waals surface area (Å²) in [5.74, 6) is 0.699. The van der Waals surface area contributed by atoms with Crippen molar-refractivity contribution in [2.75, 3.05) is 13.2 Å². The van der Waals surface area contributed by atoms with E-state index < -0.39 is 5.54 Å². The van der Waals surface area contributed by atoms with Crippen molar-refractivity contribution in [1.82, 2.24) is 10.2 Å². The molecule has 5 nitrogen and oxygen atoms in total. The minimum atomic E-state index is -0.666. The Morgan fingerprint density at radius 3 is 2.54 bits per heavy atom. The van der Waals surface area contributed by atoms with Gasteiger partial charge in [-0.15, -0.1) is 0 Å². The van der Waals surface area contributed by atoms with Crippen LogP contribution in [0.5, 0.6) is 5.75 Å². The topological polar surface area (TPSA) is 58.6 Å². The van der Waals surface area contributed by atoms with Crippen molar-refractivity contribution in [2.24, 2.45) is 0 Å². The molecule has 130 valence electrons. The number of rotatable bonds is 4. The minimum absolute atomic E-state index is 0.0674. The number of aryl methyl sites for hydroxylation is 1. The number of hydrogen-bond donors (Lipinski definition) is 1. The number of nitrogens with zero attached hydrogens (tertiary/aromatic N) is 1. The Morgan fingerprint density at radius 2 is 1.83 bits per heavy atom. The number of amides is 3. The summed E-state index contributed by atoms with van der Waals surface area (Å²) in [5, 5.41) is 2.98. The summed E-state index contributed by atoms with van der Waals surface area (Å²) < 4.78 is 5.69. The first-order valence-electron chi connectivity index (χ1n) is 8.94. The van der Waals surface area contributed by atoms with Crippen LogP contribution >= 0.6 is 0 Å². The molecule has 2 fully saturated rings. The third kappa shape index (κ3) is 3.55. The molecular weight excluding hydrogens is 304 g/mol. The summed E-state index contributed by atoms with van der Waals surface area (Å²) in [6.07, 6.45) is 7.02. The van der Waals surface area contributed by atoms with Crippen LogP contribution in [0.15, 0.2) is 24.3 Å². The van der Waals surface area contributed by atoms with Gasteiger partial charge >= 0.3 is 6.03 Å². The predicted octanol–water partition coefficient (Wildman–Crippen LogP) is 3.41.